The normalized spacial score (nSPS) is 23.0. The monoisotopic (exact) mass is 346 g/mol. The molecule has 11 heteroatoms. The van der Waals surface area contributed by atoms with E-state index in [1.165, 1.54) is 10.8 Å². The summed E-state index contributed by atoms with van der Waals surface area (Å²) in [6.45, 7) is 1.34. The van der Waals surface area contributed by atoms with Crippen LogP contribution in [0, 0.1) is 11.8 Å². The van der Waals surface area contributed by atoms with Crippen LogP contribution in [0.2, 0.25) is 0 Å². The van der Waals surface area contributed by atoms with E-state index >= 15 is 0 Å². The van der Waals surface area contributed by atoms with Crippen LogP contribution in [0.25, 0.3) is 0 Å². The van der Waals surface area contributed by atoms with Crippen LogP contribution >= 0.6 is 8.53 Å². The number of nitrogens with zero attached hydrogens (tertiary/aromatic N) is 2. The minimum absolute atomic E-state index is 0.0628. The summed E-state index contributed by atoms with van der Waals surface area (Å²) >= 11 is 0. The predicted molar refractivity (Wildman–Crippen MR) is 82.6 cm³/mol. The number of hydrogen-bond acceptors (Lipinski definition) is 9. The van der Waals surface area contributed by atoms with E-state index < -0.39 is 32.7 Å². The molecule has 128 valence electrons. The summed E-state index contributed by atoms with van der Waals surface area (Å²) in [7, 11) is -2.12. The van der Waals surface area contributed by atoms with Crippen LogP contribution in [-0.4, -0.2) is 48.4 Å². The molecule has 1 fully saturated rings. The molecular formula is C12H19N4O6P. The summed E-state index contributed by atoms with van der Waals surface area (Å²) in [5.41, 5.74) is 9.74. The van der Waals surface area contributed by atoms with Gasteiger partial charge in [-0.2, -0.15) is 4.98 Å². The highest BCUT2D eigenvalue weighted by Crippen LogP contribution is 2.27. The minimum Gasteiger partial charge on any atom is -0.394 e. The van der Waals surface area contributed by atoms with Crippen LogP contribution in [0.5, 0.6) is 0 Å². The highest BCUT2D eigenvalue weighted by molar-refractivity contribution is 7.42. The van der Waals surface area contributed by atoms with Crippen LogP contribution in [0.4, 0.5) is 5.82 Å². The molecule has 2 heterocycles. The molecule has 0 aliphatic carbocycles. The van der Waals surface area contributed by atoms with Crippen LogP contribution in [0.3, 0.4) is 0 Å². The number of ether oxygens (including phenoxy) is 1. The number of hydrogen-bond donors (Lipinski definition) is 6. The van der Waals surface area contributed by atoms with Gasteiger partial charge in [-0.1, -0.05) is 5.92 Å². The molecule has 1 aliphatic rings. The molecule has 1 saturated heterocycles. The summed E-state index contributed by atoms with van der Waals surface area (Å²) < 4.78 is 6.63. The number of nitrogens with two attached hydrogens (primary N) is 2. The Balaban J connectivity index is 0.000000593. The molecule has 23 heavy (non-hydrogen) atoms. The van der Waals surface area contributed by atoms with Gasteiger partial charge in [0.15, 0.2) is 0 Å². The highest BCUT2D eigenvalue weighted by atomic mass is 31.2. The summed E-state index contributed by atoms with van der Waals surface area (Å²) in [5, 5.41) is 18.7. The van der Waals surface area contributed by atoms with Gasteiger partial charge in [0.2, 0.25) is 8.53 Å². The molecular weight excluding hydrogens is 327 g/mol. The fraction of sp³-hybridized carbons (Fsp3) is 0.500. The Morgan fingerprint density at radius 1 is 1.57 bits per heavy atom. The van der Waals surface area contributed by atoms with Gasteiger partial charge in [-0.05, 0) is 6.92 Å². The third-order valence-electron chi connectivity index (χ3n) is 2.94. The highest BCUT2D eigenvalue weighted by Gasteiger charge is 2.35. The molecule has 8 N–H and O–H groups in total. The van der Waals surface area contributed by atoms with Gasteiger partial charge in [0, 0.05) is 12.6 Å². The van der Waals surface area contributed by atoms with E-state index in [1.54, 1.807) is 6.92 Å². The summed E-state index contributed by atoms with van der Waals surface area (Å²) in [4.78, 5) is 30.4. The first-order valence-electron chi connectivity index (χ1n) is 6.48. The van der Waals surface area contributed by atoms with Crippen molar-refractivity contribution < 1.29 is 24.7 Å². The topological polar surface area (TPSA) is 177 Å². The van der Waals surface area contributed by atoms with Gasteiger partial charge >= 0.3 is 5.69 Å². The zero-order chi connectivity index (χ0) is 17.6. The molecule has 0 aromatic carbocycles. The molecule has 0 spiro atoms. The first-order chi connectivity index (χ1) is 10.8. The maximum Gasteiger partial charge on any atom is 0.351 e. The van der Waals surface area contributed by atoms with E-state index in [-0.39, 0.29) is 18.8 Å². The van der Waals surface area contributed by atoms with E-state index in [9.17, 15) is 9.90 Å². The second kappa shape index (κ2) is 8.90. The van der Waals surface area contributed by atoms with E-state index in [4.69, 9.17) is 25.4 Å². The van der Waals surface area contributed by atoms with Crippen molar-refractivity contribution in [1.29, 1.82) is 0 Å². The van der Waals surface area contributed by atoms with Gasteiger partial charge in [-0.25, -0.2) is 4.79 Å². The number of aromatic nitrogens is 2. The van der Waals surface area contributed by atoms with E-state index in [2.05, 4.69) is 22.3 Å². The van der Waals surface area contributed by atoms with Gasteiger partial charge in [-0.3, -0.25) is 10.1 Å². The lowest BCUT2D eigenvalue weighted by atomic mass is 10.2. The Kier molecular flexibility index (Phi) is 7.54. The Bertz CT molecular complexity index is 638. The lowest BCUT2D eigenvalue weighted by Gasteiger charge is -2.14. The van der Waals surface area contributed by atoms with Crippen LogP contribution in [-0.2, 0) is 4.74 Å². The molecule has 0 radical (unpaired) electrons. The van der Waals surface area contributed by atoms with Gasteiger partial charge in [0.25, 0.3) is 0 Å². The molecule has 0 amide bonds. The average Bonchev–Trinajstić information content (AvgIpc) is 2.82. The maximum absolute atomic E-state index is 11.8. The van der Waals surface area contributed by atoms with Crippen molar-refractivity contribution in [3.8, 4) is 11.8 Å². The van der Waals surface area contributed by atoms with Crippen molar-refractivity contribution in [2.75, 3.05) is 12.3 Å². The number of aliphatic hydroxyl groups excluding tert-OH is 2. The van der Waals surface area contributed by atoms with Crippen LogP contribution in [0.1, 0.15) is 25.1 Å². The lowest BCUT2D eigenvalue weighted by Crippen LogP contribution is -2.28. The quantitative estimate of drug-likeness (QED) is 0.261. The van der Waals surface area contributed by atoms with Crippen molar-refractivity contribution >= 4 is 14.3 Å². The maximum atomic E-state index is 11.8. The number of aliphatic hydroxyl groups is 2. The number of rotatable bonds is 2. The Morgan fingerprint density at radius 2 is 2.17 bits per heavy atom. The Labute approximate surface area is 133 Å². The van der Waals surface area contributed by atoms with Crippen molar-refractivity contribution in [2.45, 2.75) is 31.8 Å². The SMILES string of the molecule is CC#Cc1cn([C@H]2C[C@H](O)[C@@H](CO)O2)c(=O)nc1N.NP(O)O. The van der Waals surface area contributed by atoms with Gasteiger partial charge in [0.05, 0.1) is 18.3 Å². The third-order valence-corrected chi connectivity index (χ3v) is 2.94. The largest absolute Gasteiger partial charge is 0.394 e. The first kappa shape index (κ1) is 19.5. The van der Waals surface area contributed by atoms with E-state index in [0.29, 0.717) is 5.56 Å². The predicted octanol–water partition coefficient (Wildman–Crippen LogP) is -2.01. The van der Waals surface area contributed by atoms with Gasteiger partial charge in [0.1, 0.15) is 18.1 Å². The third kappa shape index (κ3) is 5.53. The smallest absolute Gasteiger partial charge is 0.351 e. The standard InChI is InChI=1S/C12H15N3O4.H4NO2P/c1-2-3-7-5-15(12(18)14-11(7)13)10-4-8(17)9(6-16)19-10;1-4(2)3/h5,8-10,16-17H,4,6H2,1H3,(H2,13,14,18);2-3H,1H2/t8-,9+,10+;/m0./s1. The lowest BCUT2D eigenvalue weighted by molar-refractivity contribution is -0.0458. The van der Waals surface area contributed by atoms with E-state index in [1.807, 2.05) is 0 Å². The fourth-order valence-corrected chi connectivity index (χ4v) is 1.97. The summed E-state index contributed by atoms with van der Waals surface area (Å²) in [6.07, 6.45) is -0.533. The summed E-state index contributed by atoms with van der Waals surface area (Å²) in [6, 6.07) is 0. The second-order valence-electron chi connectivity index (χ2n) is 4.54. The molecule has 1 aliphatic heterocycles. The molecule has 1 aromatic rings. The molecule has 10 nitrogen and oxygen atoms in total. The molecule has 0 unspecified atom stereocenters. The van der Waals surface area contributed by atoms with Crippen molar-refractivity contribution in [3.63, 3.8) is 0 Å². The van der Waals surface area contributed by atoms with Gasteiger partial charge < -0.3 is 30.5 Å². The van der Waals surface area contributed by atoms with Crippen molar-refractivity contribution in [3.05, 3.63) is 22.2 Å². The molecule has 0 bridgehead atoms. The fourth-order valence-electron chi connectivity index (χ4n) is 1.97. The average molecular weight is 346 g/mol. The Morgan fingerprint density at radius 3 is 2.65 bits per heavy atom. The number of nitrogen functional groups attached to an aromatic ring is 1. The molecule has 0 saturated carbocycles. The number of anilines is 1. The van der Waals surface area contributed by atoms with Crippen LogP contribution in [0.15, 0.2) is 11.0 Å². The zero-order valence-corrected chi connectivity index (χ0v) is 13.2. The molecule has 3 atom stereocenters. The second-order valence-corrected chi connectivity index (χ2v) is 5.18. The van der Waals surface area contributed by atoms with Crippen molar-refractivity contribution in [1.82, 2.24) is 9.55 Å². The van der Waals surface area contributed by atoms with Gasteiger partial charge in [-0.15, -0.1) is 5.92 Å². The van der Waals surface area contributed by atoms with Crippen LogP contribution < -0.4 is 16.9 Å². The molecule has 2 rings (SSSR count). The summed E-state index contributed by atoms with van der Waals surface area (Å²) in [5.74, 6) is 5.48. The first-order valence-corrected chi connectivity index (χ1v) is 7.80. The van der Waals surface area contributed by atoms with E-state index in [0.717, 1.165) is 0 Å². The van der Waals surface area contributed by atoms with Crippen molar-refractivity contribution in [2.24, 2.45) is 5.50 Å². The Hall–Kier alpha value is -1.57. The minimum atomic E-state index is -2.12. The zero-order valence-electron chi connectivity index (χ0n) is 12.3. The molecule has 1 aromatic heterocycles.